The largest absolute Gasteiger partial charge is 0.377 e. The summed E-state index contributed by atoms with van der Waals surface area (Å²) in [5.74, 6) is -1.18. The molecule has 0 heterocycles. The molecule has 2 nitrogen and oxygen atoms in total. The number of benzene rings is 2. The Labute approximate surface area is 111 Å². The van der Waals surface area contributed by atoms with Gasteiger partial charge in [0, 0.05) is 23.9 Å². The summed E-state index contributed by atoms with van der Waals surface area (Å²) >= 11 is 0. The standard InChI is InChI=1S/C15H16F2N2/c1-10-2-5-12(6-3-10)19-15(9-18)13-7-4-11(16)8-14(13)17/h2-8,15,19H,9,18H2,1H3. The molecule has 4 heteroatoms. The van der Waals surface area contributed by atoms with Crippen LogP contribution in [-0.2, 0) is 0 Å². The van der Waals surface area contributed by atoms with E-state index in [4.69, 9.17) is 5.73 Å². The molecule has 0 spiro atoms. The van der Waals surface area contributed by atoms with Gasteiger partial charge in [-0.25, -0.2) is 8.78 Å². The van der Waals surface area contributed by atoms with E-state index in [1.165, 1.54) is 12.1 Å². The summed E-state index contributed by atoms with van der Waals surface area (Å²) in [5.41, 5.74) is 8.02. The number of anilines is 1. The van der Waals surface area contributed by atoms with Crippen molar-refractivity contribution in [2.24, 2.45) is 5.73 Å². The molecular formula is C15H16F2N2. The molecule has 0 aliphatic carbocycles. The molecule has 100 valence electrons. The number of hydrogen-bond donors (Lipinski definition) is 2. The van der Waals surface area contributed by atoms with E-state index >= 15 is 0 Å². The zero-order valence-electron chi connectivity index (χ0n) is 10.7. The molecule has 0 saturated carbocycles. The molecule has 0 aliphatic rings. The summed E-state index contributed by atoms with van der Waals surface area (Å²) in [6, 6.07) is 10.9. The Kier molecular flexibility index (Phi) is 4.12. The zero-order chi connectivity index (χ0) is 13.8. The van der Waals surface area contributed by atoms with Crippen molar-refractivity contribution in [3.05, 3.63) is 65.2 Å². The second-order valence-corrected chi connectivity index (χ2v) is 4.46. The summed E-state index contributed by atoms with van der Waals surface area (Å²) < 4.78 is 26.6. The maximum atomic E-state index is 13.7. The first-order valence-corrected chi connectivity index (χ1v) is 6.08. The van der Waals surface area contributed by atoms with Crippen LogP contribution in [-0.4, -0.2) is 6.54 Å². The minimum atomic E-state index is -0.590. The molecule has 2 aromatic carbocycles. The quantitative estimate of drug-likeness (QED) is 0.886. The maximum Gasteiger partial charge on any atom is 0.131 e. The number of rotatable bonds is 4. The van der Waals surface area contributed by atoms with E-state index in [-0.39, 0.29) is 12.6 Å². The average Bonchev–Trinajstić information content (AvgIpc) is 2.39. The van der Waals surface area contributed by atoms with Gasteiger partial charge in [-0.05, 0) is 25.1 Å². The van der Waals surface area contributed by atoms with E-state index in [0.29, 0.717) is 5.56 Å². The Morgan fingerprint density at radius 1 is 1.11 bits per heavy atom. The lowest BCUT2D eigenvalue weighted by Gasteiger charge is -2.19. The van der Waals surface area contributed by atoms with Crippen molar-refractivity contribution in [2.75, 3.05) is 11.9 Å². The fourth-order valence-corrected chi connectivity index (χ4v) is 1.90. The highest BCUT2D eigenvalue weighted by Gasteiger charge is 2.14. The molecule has 0 fully saturated rings. The lowest BCUT2D eigenvalue weighted by atomic mass is 10.1. The fourth-order valence-electron chi connectivity index (χ4n) is 1.90. The molecule has 19 heavy (non-hydrogen) atoms. The molecule has 3 N–H and O–H groups in total. The van der Waals surface area contributed by atoms with Gasteiger partial charge in [0.2, 0.25) is 0 Å². The summed E-state index contributed by atoms with van der Waals surface area (Å²) in [7, 11) is 0. The van der Waals surface area contributed by atoms with E-state index in [2.05, 4.69) is 5.32 Å². The van der Waals surface area contributed by atoms with Crippen molar-refractivity contribution in [1.82, 2.24) is 0 Å². The normalized spacial score (nSPS) is 12.2. The minimum absolute atomic E-state index is 0.219. The molecule has 0 saturated heterocycles. The first-order chi connectivity index (χ1) is 9.10. The van der Waals surface area contributed by atoms with Gasteiger partial charge in [-0.3, -0.25) is 0 Å². The number of hydrogen-bond acceptors (Lipinski definition) is 2. The summed E-state index contributed by atoms with van der Waals surface area (Å²) in [5, 5.41) is 3.15. The highest BCUT2D eigenvalue weighted by atomic mass is 19.1. The maximum absolute atomic E-state index is 13.7. The highest BCUT2D eigenvalue weighted by Crippen LogP contribution is 2.22. The molecule has 0 bridgehead atoms. The molecular weight excluding hydrogens is 246 g/mol. The van der Waals surface area contributed by atoms with E-state index in [1.54, 1.807) is 0 Å². The van der Waals surface area contributed by atoms with Crippen molar-refractivity contribution in [3.8, 4) is 0 Å². The lowest BCUT2D eigenvalue weighted by Crippen LogP contribution is -2.21. The molecule has 2 rings (SSSR count). The topological polar surface area (TPSA) is 38.0 Å². The fraction of sp³-hybridized carbons (Fsp3) is 0.200. The van der Waals surface area contributed by atoms with Crippen LogP contribution in [0.1, 0.15) is 17.2 Å². The zero-order valence-corrected chi connectivity index (χ0v) is 10.7. The third-order valence-corrected chi connectivity index (χ3v) is 2.97. The molecule has 0 aromatic heterocycles. The third kappa shape index (κ3) is 3.29. The smallest absolute Gasteiger partial charge is 0.131 e. The molecule has 0 aliphatic heterocycles. The Morgan fingerprint density at radius 3 is 2.37 bits per heavy atom. The van der Waals surface area contributed by atoms with Crippen molar-refractivity contribution in [2.45, 2.75) is 13.0 Å². The van der Waals surface area contributed by atoms with Crippen LogP contribution in [0, 0.1) is 18.6 Å². The van der Waals surface area contributed by atoms with Crippen LogP contribution in [0.2, 0.25) is 0 Å². The van der Waals surface area contributed by atoms with Crippen LogP contribution in [0.25, 0.3) is 0 Å². The van der Waals surface area contributed by atoms with Crippen LogP contribution in [0.3, 0.4) is 0 Å². The van der Waals surface area contributed by atoms with Crippen molar-refractivity contribution >= 4 is 5.69 Å². The van der Waals surface area contributed by atoms with E-state index in [1.807, 2.05) is 31.2 Å². The second-order valence-electron chi connectivity index (χ2n) is 4.46. The van der Waals surface area contributed by atoms with Crippen LogP contribution in [0.4, 0.5) is 14.5 Å². The Hall–Kier alpha value is -1.94. The van der Waals surface area contributed by atoms with Crippen molar-refractivity contribution < 1.29 is 8.78 Å². The van der Waals surface area contributed by atoms with Crippen LogP contribution in [0.15, 0.2) is 42.5 Å². The molecule has 0 amide bonds. The van der Waals surface area contributed by atoms with Crippen molar-refractivity contribution in [3.63, 3.8) is 0 Å². The monoisotopic (exact) mass is 262 g/mol. The van der Waals surface area contributed by atoms with Gasteiger partial charge in [0.15, 0.2) is 0 Å². The molecule has 0 radical (unpaired) electrons. The predicted octanol–water partition coefficient (Wildman–Crippen LogP) is 3.39. The van der Waals surface area contributed by atoms with Gasteiger partial charge < -0.3 is 11.1 Å². The minimum Gasteiger partial charge on any atom is -0.377 e. The Morgan fingerprint density at radius 2 is 1.79 bits per heavy atom. The summed E-state index contributed by atoms with van der Waals surface area (Å²) in [6.45, 7) is 2.21. The Bertz CT molecular complexity index is 553. The first-order valence-electron chi connectivity index (χ1n) is 6.08. The molecule has 1 atom stereocenters. The van der Waals surface area contributed by atoms with E-state index in [9.17, 15) is 8.78 Å². The number of halogens is 2. The van der Waals surface area contributed by atoms with Gasteiger partial charge in [-0.2, -0.15) is 0 Å². The van der Waals surface area contributed by atoms with Gasteiger partial charge in [0.1, 0.15) is 11.6 Å². The van der Waals surface area contributed by atoms with Crippen molar-refractivity contribution in [1.29, 1.82) is 0 Å². The van der Waals surface area contributed by atoms with Gasteiger partial charge in [-0.1, -0.05) is 23.8 Å². The average molecular weight is 262 g/mol. The Balaban J connectivity index is 2.22. The highest BCUT2D eigenvalue weighted by molar-refractivity contribution is 5.47. The lowest BCUT2D eigenvalue weighted by molar-refractivity contribution is 0.562. The number of aryl methyl sites for hydroxylation is 1. The van der Waals surface area contributed by atoms with E-state index < -0.39 is 11.6 Å². The van der Waals surface area contributed by atoms with Crippen LogP contribution in [0.5, 0.6) is 0 Å². The van der Waals surface area contributed by atoms with Crippen LogP contribution >= 0.6 is 0 Å². The van der Waals surface area contributed by atoms with Gasteiger partial charge in [0.05, 0.1) is 6.04 Å². The molecule has 1 unspecified atom stereocenters. The first kappa shape index (κ1) is 13.5. The van der Waals surface area contributed by atoms with Gasteiger partial charge >= 0.3 is 0 Å². The van der Waals surface area contributed by atoms with Gasteiger partial charge in [0.25, 0.3) is 0 Å². The third-order valence-electron chi connectivity index (χ3n) is 2.97. The number of nitrogens with two attached hydrogens (primary N) is 1. The predicted molar refractivity (Wildman–Crippen MR) is 73.0 cm³/mol. The van der Waals surface area contributed by atoms with E-state index in [0.717, 1.165) is 17.3 Å². The summed E-state index contributed by atoms with van der Waals surface area (Å²) in [6.07, 6.45) is 0. The van der Waals surface area contributed by atoms with Gasteiger partial charge in [-0.15, -0.1) is 0 Å². The summed E-state index contributed by atoms with van der Waals surface area (Å²) in [4.78, 5) is 0. The SMILES string of the molecule is Cc1ccc(NC(CN)c2ccc(F)cc2F)cc1. The second kappa shape index (κ2) is 5.80. The number of nitrogens with one attached hydrogen (secondary N) is 1. The molecule has 2 aromatic rings. The van der Waals surface area contributed by atoms with Crippen LogP contribution < -0.4 is 11.1 Å².